The number of nitrogen functional groups attached to an aromatic ring is 1. The molecule has 1 heterocycles. The quantitative estimate of drug-likeness (QED) is 0.817. The molecule has 4 nitrogen and oxygen atoms in total. The second-order valence-electron chi connectivity index (χ2n) is 4.84. The fraction of sp³-hybridized carbons (Fsp3) is 0.312. The highest BCUT2D eigenvalue weighted by Crippen LogP contribution is 2.08. The van der Waals surface area contributed by atoms with Crippen LogP contribution in [0.5, 0.6) is 0 Å². The molecule has 0 spiro atoms. The van der Waals surface area contributed by atoms with E-state index < -0.39 is 0 Å². The maximum atomic E-state index is 11.6. The number of likely N-dealkylation sites (N-methyl/N-ethyl adjacent to an activating group) is 1. The summed E-state index contributed by atoms with van der Waals surface area (Å²) >= 11 is 0. The van der Waals surface area contributed by atoms with Crippen molar-refractivity contribution in [3.8, 4) is 0 Å². The number of nitrogens with two attached hydrogens (primary N) is 1. The van der Waals surface area contributed by atoms with Crippen LogP contribution < -0.4 is 11.3 Å². The van der Waals surface area contributed by atoms with Crippen LogP contribution in [0.1, 0.15) is 12.5 Å². The molecule has 4 heteroatoms. The van der Waals surface area contributed by atoms with Gasteiger partial charge in [-0.05, 0) is 30.3 Å². The summed E-state index contributed by atoms with van der Waals surface area (Å²) in [6.07, 6.45) is 1.83. The van der Waals surface area contributed by atoms with Crippen LogP contribution in [0.3, 0.4) is 0 Å². The molecule has 0 radical (unpaired) electrons. The number of pyridine rings is 1. The maximum Gasteiger partial charge on any atom is 0.250 e. The average molecular weight is 271 g/mol. The Kier molecular flexibility index (Phi) is 4.96. The molecule has 0 unspecified atom stereocenters. The summed E-state index contributed by atoms with van der Waals surface area (Å²) in [4.78, 5) is 14.0. The number of anilines is 1. The molecule has 0 aliphatic heterocycles. The Hall–Kier alpha value is -2.07. The number of nitrogens with zero attached hydrogens (tertiary/aromatic N) is 2. The van der Waals surface area contributed by atoms with Crippen molar-refractivity contribution in [3.63, 3.8) is 0 Å². The molecule has 0 aliphatic rings. The first kappa shape index (κ1) is 14.3. The topological polar surface area (TPSA) is 51.3 Å². The van der Waals surface area contributed by atoms with Gasteiger partial charge >= 0.3 is 0 Å². The van der Waals surface area contributed by atoms with E-state index in [0.29, 0.717) is 6.54 Å². The Morgan fingerprint density at radius 3 is 2.55 bits per heavy atom. The van der Waals surface area contributed by atoms with Crippen molar-refractivity contribution in [1.82, 2.24) is 9.47 Å². The zero-order chi connectivity index (χ0) is 14.4. The minimum absolute atomic E-state index is 0.0519. The lowest BCUT2D eigenvalue weighted by molar-refractivity contribution is 0.267. The Morgan fingerprint density at radius 2 is 1.90 bits per heavy atom. The van der Waals surface area contributed by atoms with Gasteiger partial charge in [-0.1, -0.05) is 25.1 Å². The fourth-order valence-corrected chi connectivity index (χ4v) is 2.12. The number of hydrogen-bond acceptors (Lipinski definition) is 3. The summed E-state index contributed by atoms with van der Waals surface area (Å²) in [7, 11) is 0. The van der Waals surface area contributed by atoms with Crippen LogP contribution in [-0.4, -0.2) is 22.6 Å². The molecule has 0 aliphatic carbocycles. The third-order valence-corrected chi connectivity index (χ3v) is 3.39. The second kappa shape index (κ2) is 6.91. The Morgan fingerprint density at radius 1 is 1.15 bits per heavy atom. The van der Waals surface area contributed by atoms with Gasteiger partial charge in [0.1, 0.15) is 0 Å². The SMILES string of the molecule is CCN(CCn1ccccc1=O)Cc1ccc(N)cc1. The first-order valence-electron chi connectivity index (χ1n) is 6.91. The van der Waals surface area contributed by atoms with Gasteiger partial charge in [-0.3, -0.25) is 9.69 Å². The third-order valence-electron chi connectivity index (χ3n) is 3.39. The van der Waals surface area contributed by atoms with Crippen molar-refractivity contribution in [3.05, 3.63) is 64.6 Å². The number of aromatic nitrogens is 1. The lowest BCUT2D eigenvalue weighted by Gasteiger charge is -2.21. The number of benzene rings is 1. The van der Waals surface area contributed by atoms with E-state index in [-0.39, 0.29) is 5.56 Å². The zero-order valence-electron chi connectivity index (χ0n) is 11.8. The monoisotopic (exact) mass is 271 g/mol. The summed E-state index contributed by atoms with van der Waals surface area (Å²) in [5.74, 6) is 0. The molecule has 1 aromatic carbocycles. The van der Waals surface area contributed by atoms with Crippen molar-refractivity contribution < 1.29 is 0 Å². The molecule has 2 rings (SSSR count). The predicted molar refractivity (Wildman–Crippen MR) is 82.5 cm³/mol. The fourth-order valence-electron chi connectivity index (χ4n) is 2.12. The van der Waals surface area contributed by atoms with Crippen LogP contribution in [-0.2, 0) is 13.1 Å². The van der Waals surface area contributed by atoms with E-state index in [4.69, 9.17) is 5.73 Å². The summed E-state index contributed by atoms with van der Waals surface area (Å²) in [5, 5.41) is 0. The van der Waals surface area contributed by atoms with E-state index in [2.05, 4.69) is 11.8 Å². The summed E-state index contributed by atoms with van der Waals surface area (Å²) in [6, 6.07) is 13.2. The molecule has 2 N–H and O–H groups in total. The third kappa shape index (κ3) is 3.96. The largest absolute Gasteiger partial charge is 0.399 e. The zero-order valence-corrected chi connectivity index (χ0v) is 11.8. The van der Waals surface area contributed by atoms with Gasteiger partial charge in [0.05, 0.1) is 0 Å². The molecule has 0 amide bonds. The molecule has 20 heavy (non-hydrogen) atoms. The standard InChI is InChI=1S/C16H21N3O/c1-2-18(13-14-6-8-15(17)9-7-14)11-12-19-10-4-3-5-16(19)20/h3-10H,2,11-13,17H2,1H3. The minimum atomic E-state index is 0.0519. The van der Waals surface area contributed by atoms with E-state index in [1.54, 1.807) is 16.7 Å². The Balaban J connectivity index is 1.94. The van der Waals surface area contributed by atoms with Crippen molar-refractivity contribution in [2.24, 2.45) is 0 Å². The smallest absolute Gasteiger partial charge is 0.250 e. The van der Waals surface area contributed by atoms with E-state index in [9.17, 15) is 4.79 Å². The summed E-state index contributed by atoms with van der Waals surface area (Å²) in [5.41, 5.74) is 7.76. The van der Waals surface area contributed by atoms with Crippen LogP contribution in [0, 0.1) is 0 Å². The highest BCUT2D eigenvalue weighted by atomic mass is 16.1. The lowest BCUT2D eigenvalue weighted by atomic mass is 10.2. The highest BCUT2D eigenvalue weighted by Gasteiger charge is 2.04. The predicted octanol–water partition coefficient (Wildman–Crippen LogP) is 1.95. The van der Waals surface area contributed by atoms with Gasteiger partial charge in [0.15, 0.2) is 0 Å². The molecular weight excluding hydrogens is 250 g/mol. The second-order valence-corrected chi connectivity index (χ2v) is 4.84. The van der Waals surface area contributed by atoms with Crippen LogP contribution in [0.15, 0.2) is 53.5 Å². The first-order valence-corrected chi connectivity index (χ1v) is 6.91. The van der Waals surface area contributed by atoms with Crippen LogP contribution in [0.4, 0.5) is 5.69 Å². The van der Waals surface area contributed by atoms with Crippen molar-refractivity contribution >= 4 is 5.69 Å². The normalized spacial score (nSPS) is 10.9. The van der Waals surface area contributed by atoms with Gasteiger partial charge < -0.3 is 10.3 Å². The minimum Gasteiger partial charge on any atom is -0.399 e. The van der Waals surface area contributed by atoms with Gasteiger partial charge in [0.25, 0.3) is 5.56 Å². The maximum absolute atomic E-state index is 11.6. The van der Waals surface area contributed by atoms with Crippen LogP contribution >= 0.6 is 0 Å². The molecule has 0 atom stereocenters. The summed E-state index contributed by atoms with van der Waals surface area (Å²) < 4.78 is 1.74. The van der Waals surface area contributed by atoms with Gasteiger partial charge in [-0.25, -0.2) is 0 Å². The highest BCUT2D eigenvalue weighted by molar-refractivity contribution is 5.39. The Bertz CT molecular complexity index is 589. The Labute approximate surface area is 119 Å². The first-order chi connectivity index (χ1) is 9.69. The van der Waals surface area contributed by atoms with E-state index in [1.807, 2.05) is 36.5 Å². The number of hydrogen-bond donors (Lipinski definition) is 1. The molecule has 0 fully saturated rings. The molecule has 0 saturated heterocycles. The average Bonchev–Trinajstić information content (AvgIpc) is 2.47. The summed E-state index contributed by atoms with van der Waals surface area (Å²) in [6.45, 7) is 5.52. The lowest BCUT2D eigenvalue weighted by Crippen LogP contribution is -2.30. The van der Waals surface area contributed by atoms with Crippen LogP contribution in [0.2, 0.25) is 0 Å². The van der Waals surface area contributed by atoms with E-state index >= 15 is 0 Å². The number of rotatable bonds is 6. The van der Waals surface area contributed by atoms with Gasteiger partial charge in [0.2, 0.25) is 0 Å². The van der Waals surface area contributed by atoms with E-state index in [0.717, 1.165) is 25.3 Å². The molecule has 0 saturated carbocycles. The molecule has 1 aromatic heterocycles. The van der Waals surface area contributed by atoms with Crippen molar-refractivity contribution in [1.29, 1.82) is 0 Å². The van der Waals surface area contributed by atoms with Crippen molar-refractivity contribution in [2.75, 3.05) is 18.8 Å². The van der Waals surface area contributed by atoms with Crippen molar-refractivity contribution in [2.45, 2.75) is 20.0 Å². The molecule has 2 aromatic rings. The van der Waals surface area contributed by atoms with E-state index in [1.165, 1.54) is 5.56 Å². The molecular formula is C16H21N3O. The molecule has 0 bridgehead atoms. The van der Waals surface area contributed by atoms with Gasteiger partial charge in [-0.2, -0.15) is 0 Å². The van der Waals surface area contributed by atoms with Crippen LogP contribution in [0.25, 0.3) is 0 Å². The molecule has 106 valence electrons. The van der Waals surface area contributed by atoms with Gasteiger partial charge in [0, 0.05) is 37.6 Å². The van der Waals surface area contributed by atoms with Gasteiger partial charge in [-0.15, -0.1) is 0 Å².